The molecule has 8 nitrogen and oxygen atoms in total. The van der Waals surface area contributed by atoms with E-state index < -0.39 is 40.0 Å². The van der Waals surface area contributed by atoms with Crippen molar-refractivity contribution in [2.45, 2.75) is 57.6 Å². The van der Waals surface area contributed by atoms with Crippen LogP contribution in [0.15, 0.2) is 71.6 Å². The van der Waals surface area contributed by atoms with Crippen molar-refractivity contribution in [3.63, 3.8) is 0 Å². The lowest BCUT2D eigenvalue weighted by Gasteiger charge is -2.34. The van der Waals surface area contributed by atoms with Crippen LogP contribution in [0.4, 0.5) is 5.69 Å². The SMILES string of the molecule is CCOc1ccccc1N(CC(=O)N(Cc1ccc(Cl)cc1Cl)[C@@H](C)C(=O)NC(C)(C)C)S(=O)(=O)c1ccc(Cl)cc1. The highest BCUT2D eigenvalue weighted by Crippen LogP contribution is 2.33. The number of ether oxygens (including phenoxy) is 1. The third-order valence-electron chi connectivity index (χ3n) is 6.14. The van der Waals surface area contributed by atoms with Gasteiger partial charge in [-0.1, -0.05) is 53.0 Å². The first-order valence-electron chi connectivity index (χ1n) is 13.2. The third kappa shape index (κ3) is 8.53. The Morgan fingerprint density at radius 2 is 1.57 bits per heavy atom. The van der Waals surface area contributed by atoms with E-state index in [9.17, 15) is 18.0 Å². The van der Waals surface area contributed by atoms with Crippen molar-refractivity contribution in [2.75, 3.05) is 17.5 Å². The molecule has 0 radical (unpaired) electrons. The van der Waals surface area contributed by atoms with Crippen LogP contribution in [0.5, 0.6) is 5.75 Å². The normalized spacial score (nSPS) is 12.4. The van der Waals surface area contributed by atoms with Crippen LogP contribution >= 0.6 is 34.8 Å². The van der Waals surface area contributed by atoms with Gasteiger partial charge in [-0.15, -0.1) is 0 Å². The summed E-state index contributed by atoms with van der Waals surface area (Å²) in [6.07, 6.45) is 0. The molecule has 226 valence electrons. The molecular formula is C30H34Cl3N3O5S. The van der Waals surface area contributed by atoms with Crippen LogP contribution in [0.3, 0.4) is 0 Å². The molecule has 3 rings (SSSR count). The number of amides is 2. The second-order valence-corrected chi connectivity index (χ2v) is 13.7. The van der Waals surface area contributed by atoms with Gasteiger partial charge in [0.15, 0.2) is 0 Å². The monoisotopic (exact) mass is 653 g/mol. The van der Waals surface area contributed by atoms with E-state index in [4.69, 9.17) is 39.5 Å². The zero-order chi connectivity index (χ0) is 31.2. The second-order valence-electron chi connectivity index (χ2n) is 10.5. The van der Waals surface area contributed by atoms with Gasteiger partial charge in [-0.25, -0.2) is 8.42 Å². The van der Waals surface area contributed by atoms with E-state index in [2.05, 4.69) is 5.32 Å². The standard InChI is InChI=1S/C30H34Cl3N3O5S/c1-6-41-27-10-8-7-9-26(27)36(42(39,40)24-15-13-22(31)14-16-24)19-28(37)35(20(2)29(38)34-30(3,4)5)18-21-11-12-23(32)17-25(21)33/h7-17,20H,6,18-19H2,1-5H3,(H,34,38)/t20-/m0/s1. The summed E-state index contributed by atoms with van der Waals surface area (Å²) in [4.78, 5) is 28.6. The van der Waals surface area contributed by atoms with Gasteiger partial charge >= 0.3 is 0 Å². The van der Waals surface area contributed by atoms with Gasteiger partial charge < -0.3 is 15.0 Å². The van der Waals surface area contributed by atoms with Gasteiger partial charge in [-0.05, 0) is 88.7 Å². The number of rotatable bonds is 11. The Hall–Kier alpha value is -2.98. The van der Waals surface area contributed by atoms with Gasteiger partial charge in [0, 0.05) is 27.2 Å². The molecule has 0 aliphatic heterocycles. The van der Waals surface area contributed by atoms with Gasteiger partial charge in [0.25, 0.3) is 10.0 Å². The van der Waals surface area contributed by atoms with Gasteiger partial charge in [-0.3, -0.25) is 13.9 Å². The second kappa shape index (κ2) is 14.0. The molecule has 0 spiro atoms. The fourth-order valence-corrected chi connectivity index (χ4v) is 6.10. The molecular weight excluding hydrogens is 621 g/mol. The van der Waals surface area contributed by atoms with Crippen LogP contribution in [0.25, 0.3) is 0 Å². The summed E-state index contributed by atoms with van der Waals surface area (Å²) in [5.74, 6) is -0.777. The maximum atomic E-state index is 14.1. The van der Waals surface area contributed by atoms with E-state index in [0.717, 1.165) is 4.31 Å². The van der Waals surface area contributed by atoms with E-state index in [-0.39, 0.29) is 29.5 Å². The molecule has 0 unspecified atom stereocenters. The maximum absolute atomic E-state index is 14.1. The van der Waals surface area contributed by atoms with Crippen molar-refractivity contribution < 1.29 is 22.7 Å². The summed E-state index contributed by atoms with van der Waals surface area (Å²) >= 11 is 18.5. The summed E-state index contributed by atoms with van der Waals surface area (Å²) in [7, 11) is -4.30. The topological polar surface area (TPSA) is 96.0 Å². The maximum Gasteiger partial charge on any atom is 0.264 e. The highest BCUT2D eigenvalue weighted by Gasteiger charge is 2.34. The molecule has 0 aromatic heterocycles. The van der Waals surface area contributed by atoms with E-state index in [0.29, 0.717) is 20.6 Å². The largest absolute Gasteiger partial charge is 0.492 e. The fraction of sp³-hybridized carbons (Fsp3) is 0.333. The summed E-state index contributed by atoms with van der Waals surface area (Å²) in [6, 6.07) is 16.0. The first-order chi connectivity index (χ1) is 19.6. The molecule has 2 amide bonds. The molecule has 0 aliphatic carbocycles. The summed E-state index contributed by atoms with van der Waals surface area (Å²) in [5, 5.41) is 3.95. The van der Waals surface area contributed by atoms with Crippen LogP contribution in [0.1, 0.15) is 40.2 Å². The number of hydrogen-bond acceptors (Lipinski definition) is 5. The smallest absolute Gasteiger partial charge is 0.264 e. The van der Waals surface area contributed by atoms with E-state index in [1.54, 1.807) is 50.2 Å². The molecule has 1 atom stereocenters. The number of nitrogens with one attached hydrogen (secondary N) is 1. The number of carbonyl (C=O) groups is 2. The zero-order valence-electron chi connectivity index (χ0n) is 24.0. The van der Waals surface area contributed by atoms with Gasteiger partial charge in [0.05, 0.1) is 17.2 Å². The van der Waals surface area contributed by atoms with Crippen LogP contribution in [0.2, 0.25) is 15.1 Å². The lowest BCUT2D eigenvalue weighted by atomic mass is 10.1. The minimum Gasteiger partial charge on any atom is -0.492 e. The van der Waals surface area contributed by atoms with Crippen LogP contribution in [-0.2, 0) is 26.2 Å². The molecule has 1 N–H and O–H groups in total. The van der Waals surface area contributed by atoms with Gasteiger partial charge in [0.1, 0.15) is 18.3 Å². The lowest BCUT2D eigenvalue weighted by molar-refractivity contribution is -0.140. The van der Waals surface area contributed by atoms with E-state index in [1.165, 1.54) is 35.2 Å². The Balaban J connectivity index is 2.11. The number of nitrogens with zero attached hydrogens (tertiary/aromatic N) is 2. The van der Waals surface area contributed by atoms with Crippen LogP contribution < -0.4 is 14.4 Å². The Kier molecular flexibility index (Phi) is 11.2. The average Bonchev–Trinajstić information content (AvgIpc) is 2.90. The molecule has 0 fully saturated rings. The predicted molar refractivity (Wildman–Crippen MR) is 168 cm³/mol. The van der Waals surface area contributed by atoms with Crippen molar-refractivity contribution in [2.24, 2.45) is 0 Å². The molecule has 0 saturated heterocycles. The molecule has 0 aliphatic rings. The highest BCUT2D eigenvalue weighted by molar-refractivity contribution is 7.92. The van der Waals surface area contributed by atoms with Crippen molar-refractivity contribution in [3.8, 4) is 5.75 Å². The summed E-state index contributed by atoms with van der Waals surface area (Å²) in [6.45, 7) is 8.39. The quantitative estimate of drug-likeness (QED) is 0.252. The van der Waals surface area contributed by atoms with Crippen molar-refractivity contribution in [3.05, 3.63) is 87.4 Å². The molecule has 3 aromatic rings. The van der Waals surface area contributed by atoms with Gasteiger partial charge in [0.2, 0.25) is 11.8 Å². The minimum absolute atomic E-state index is 0.0724. The number of carbonyl (C=O) groups excluding carboxylic acids is 2. The van der Waals surface area contributed by atoms with E-state index in [1.807, 2.05) is 20.8 Å². The van der Waals surface area contributed by atoms with E-state index >= 15 is 0 Å². The number of anilines is 1. The molecule has 12 heteroatoms. The molecule has 0 bridgehead atoms. The summed E-state index contributed by atoms with van der Waals surface area (Å²) < 4.78 is 34.8. The highest BCUT2D eigenvalue weighted by atomic mass is 35.5. The number of benzene rings is 3. The molecule has 3 aromatic carbocycles. The average molecular weight is 655 g/mol. The number of hydrogen-bond donors (Lipinski definition) is 1. The fourth-order valence-electron chi connectivity index (χ4n) is 4.08. The zero-order valence-corrected chi connectivity index (χ0v) is 27.1. The molecule has 0 heterocycles. The first-order valence-corrected chi connectivity index (χ1v) is 15.8. The predicted octanol–water partition coefficient (Wildman–Crippen LogP) is 6.57. The minimum atomic E-state index is -4.30. The Morgan fingerprint density at radius 1 is 0.952 bits per heavy atom. The van der Waals surface area contributed by atoms with Crippen LogP contribution in [0, 0.1) is 0 Å². The Bertz CT molecular complexity index is 1530. The lowest BCUT2D eigenvalue weighted by Crippen LogP contribution is -2.54. The van der Waals surface area contributed by atoms with Gasteiger partial charge in [-0.2, -0.15) is 0 Å². The van der Waals surface area contributed by atoms with Crippen LogP contribution in [-0.4, -0.2) is 49.9 Å². The molecule has 42 heavy (non-hydrogen) atoms. The Morgan fingerprint density at radius 3 is 2.17 bits per heavy atom. The Labute approximate surface area is 262 Å². The number of halogens is 3. The first kappa shape index (κ1) is 33.5. The number of sulfonamides is 1. The summed E-state index contributed by atoms with van der Waals surface area (Å²) in [5.41, 5.74) is 0.129. The third-order valence-corrected chi connectivity index (χ3v) is 8.75. The van der Waals surface area contributed by atoms with Crippen molar-refractivity contribution >= 4 is 62.3 Å². The van der Waals surface area contributed by atoms with Crippen molar-refractivity contribution in [1.82, 2.24) is 10.2 Å². The molecule has 0 saturated carbocycles. The van der Waals surface area contributed by atoms with Crippen molar-refractivity contribution in [1.29, 1.82) is 0 Å². The number of para-hydroxylation sites is 2.